The van der Waals surface area contributed by atoms with Crippen molar-refractivity contribution in [1.82, 2.24) is 9.55 Å². The van der Waals surface area contributed by atoms with Gasteiger partial charge in [-0.1, -0.05) is 54.1 Å². The normalized spacial score (nSPS) is 11.1. The largest absolute Gasteiger partial charge is 0.364 e. The molecule has 0 bridgehead atoms. The van der Waals surface area contributed by atoms with Gasteiger partial charge in [0.05, 0.1) is 5.52 Å². The van der Waals surface area contributed by atoms with Gasteiger partial charge in [-0.05, 0) is 48.7 Å². The quantitative estimate of drug-likeness (QED) is 0.466. The number of anilines is 1. The maximum Gasteiger partial charge on any atom is 0.150 e. The van der Waals surface area contributed by atoms with Crippen LogP contribution in [0.4, 0.5) is 5.82 Å². The summed E-state index contributed by atoms with van der Waals surface area (Å²) in [5.74, 6) is 0.918. The standard InChI is InChI=1S/C23H22ClN3/c1-16-17(2)27(15-19-8-10-20(24)11-9-19)22-21(16)12-13-25-23(22)26-14-18-6-4-3-5-7-18/h3-13H,14-15H2,1-2H3,(H,25,26). The van der Waals surface area contributed by atoms with Crippen LogP contribution in [0, 0.1) is 13.8 Å². The molecule has 4 aromatic rings. The Hall–Kier alpha value is -2.78. The van der Waals surface area contributed by atoms with E-state index in [1.807, 2.05) is 24.4 Å². The van der Waals surface area contributed by atoms with E-state index < -0.39 is 0 Å². The Balaban J connectivity index is 1.73. The lowest BCUT2D eigenvalue weighted by atomic mass is 10.2. The zero-order valence-electron chi connectivity index (χ0n) is 15.5. The highest BCUT2D eigenvalue weighted by molar-refractivity contribution is 6.30. The molecule has 2 aromatic heterocycles. The van der Waals surface area contributed by atoms with E-state index in [-0.39, 0.29) is 0 Å². The van der Waals surface area contributed by atoms with Gasteiger partial charge in [0, 0.05) is 35.4 Å². The second-order valence-corrected chi connectivity index (χ2v) is 7.25. The Morgan fingerprint density at radius 1 is 0.926 bits per heavy atom. The second-order valence-electron chi connectivity index (χ2n) is 6.82. The van der Waals surface area contributed by atoms with Crippen LogP contribution >= 0.6 is 11.6 Å². The van der Waals surface area contributed by atoms with Crippen LogP contribution in [0.3, 0.4) is 0 Å². The molecular weight excluding hydrogens is 354 g/mol. The molecule has 27 heavy (non-hydrogen) atoms. The summed E-state index contributed by atoms with van der Waals surface area (Å²) in [6.07, 6.45) is 1.88. The van der Waals surface area contributed by atoms with Gasteiger partial charge in [0.2, 0.25) is 0 Å². The van der Waals surface area contributed by atoms with Gasteiger partial charge in [0.15, 0.2) is 5.82 Å². The highest BCUT2D eigenvalue weighted by atomic mass is 35.5. The Morgan fingerprint density at radius 2 is 1.67 bits per heavy atom. The van der Waals surface area contributed by atoms with Crippen molar-refractivity contribution >= 4 is 28.3 Å². The van der Waals surface area contributed by atoms with Crippen molar-refractivity contribution in [3.05, 3.63) is 94.3 Å². The van der Waals surface area contributed by atoms with Crippen LogP contribution < -0.4 is 5.32 Å². The van der Waals surface area contributed by atoms with E-state index in [1.54, 1.807) is 0 Å². The van der Waals surface area contributed by atoms with Gasteiger partial charge in [-0.15, -0.1) is 0 Å². The third-order valence-electron chi connectivity index (χ3n) is 5.10. The summed E-state index contributed by atoms with van der Waals surface area (Å²) < 4.78 is 2.34. The molecule has 0 fully saturated rings. The Morgan fingerprint density at radius 3 is 2.41 bits per heavy atom. The fraction of sp³-hybridized carbons (Fsp3) is 0.174. The molecule has 4 heteroatoms. The van der Waals surface area contributed by atoms with Crippen LogP contribution in [0.25, 0.3) is 10.9 Å². The zero-order chi connectivity index (χ0) is 18.8. The Bertz CT molecular complexity index is 1070. The zero-order valence-corrected chi connectivity index (χ0v) is 16.3. The molecule has 1 N–H and O–H groups in total. The molecule has 136 valence electrons. The molecule has 0 saturated heterocycles. The minimum absolute atomic E-state index is 0.747. The summed E-state index contributed by atoms with van der Waals surface area (Å²) in [4.78, 5) is 4.64. The molecular formula is C23H22ClN3. The van der Waals surface area contributed by atoms with Gasteiger partial charge >= 0.3 is 0 Å². The van der Waals surface area contributed by atoms with Crippen molar-refractivity contribution in [2.45, 2.75) is 26.9 Å². The summed E-state index contributed by atoms with van der Waals surface area (Å²) >= 11 is 6.04. The van der Waals surface area contributed by atoms with Gasteiger partial charge in [0.25, 0.3) is 0 Å². The topological polar surface area (TPSA) is 29.9 Å². The number of halogens is 1. The van der Waals surface area contributed by atoms with E-state index in [2.05, 4.69) is 71.2 Å². The molecule has 4 rings (SSSR count). The van der Waals surface area contributed by atoms with Crippen molar-refractivity contribution in [1.29, 1.82) is 0 Å². The average Bonchev–Trinajstić information content (AvgIpc) is 2.94. The van der Waals surface area contributed by atoms with Gasteiger partial charge in [-0.3, -0.25) is 0 Å². The number of nitrogens with one attached hydrogen (secondary N) is 1. The number of benzene rings is 2. The van der Waals surface area contributed by atoms with Crippen molar-refractivity contribution < 1.29 is 0 Å². The van der Waals surface area contributed by atoms with Crippen LogP contribution in [0.15, 0.2) is 66.9 Å². The monoisotopic (exact) mass is 375 g/mol. The lowest BCUT2D eigenvalue weighted by Crippen LogP contribution is -2.07. The number of aromatic nitrogens is 2. The number of fused-ring (bicyclic) bond motifs is 1. The van der Waals surface area contributed by atoms with Crippen LogP contribution in [0.5, 0.6) is 0 Å². The summed E-state index contributed by atoms with van der Waals surface area (Å²) in [5.41, 5.74) is 6.16. The summed E-state index contributed by atoms with van der Waals surface area (Å²) in [5, 5.41) is 5.53. The minimum Gasteiger partial charge on any atom is -0.364 e. The van der Waals surface area contributed by atoms with Crippen LogP contribution in [0.1, 0.15) is 22.4 Å². The number of aryl methyl sites for hydroxylation is 1. The first kappa shape index (κ1) is 17.6. The molecule has 0 aliphatic heterocycles. The molecule has 0 spiro atoms. The number of hydrogen-bond donors (Lipinski definition) is 1. The molecule has 0 aliphatic carbocycles. The molecule has 0 unspecified atom stereocenters. The fourth-order valence-corrected chi connectivity index (χ4v) is 3.60. The number of nitrogens with zero attached hydrogens (tertiary/aromatic N) is 2. The van der Waals surface area contributed by atoms with E-state index in [1.165, 1.54) is 27.8 Å². The first-order chi connectivity index (χ1) is 13.1. The molecule has 0 saturated carbocycles. The van der Waals surface area contributed by atoms with Gasteiger partial charge in [0.1, 0.15) is 0 Å². The van der Waals surface area contributed by atoms with Crippen molar-refractivity contribution in [2.75, 3.05) is 5.32 Å². The van der Waals surface area contributed by atoms with Crippen molar-refractivity contribution in [3.63, 3.8) is 0 Å². The predicted molar refractivity (Wildman–Crippen MR) is 114 cm³/mol. The molecule has 0 atom stereocenters. The Labute approximate surface area is 164 Å². The van der Waals surface area contributed by atoms with E-state index in [9.17, 15) is 0 Å². The second kappa shape index (κ2) is 7.45. The molecule has 0 aliphatic rings. The molecule has 0 radical (unpaired) electrons. The van der Waals surface area contributed by atoms with Crippen molar-refractivity contribution in [2.24, 2.45) is 0 Å². The van der Waals surface area contributed by atoms with E-state index in [0.717, 1.165) is 29.4 Å². The van der Waals surface area contributed by atoms with Gasteiger partial charge < -0.3 is 9.88 Å². The average molecular weight is 376 g/mol. The lowest BCUT2D eigenvalue weighted by molar-refractivity contribution is 0.799. The maximum atomic E-state index is 6.04. The third-order valence-corrected chi connectivity index (χ3v) is 5.35. The molecule has 2 aromatic carbocycles. The van der Waals surface area contributed by atoms with Crippen LogP contribution in [-0.4, -0.2) is 9.55 Å². The van der Waals surface area contributed by atoms with Crippen LogP contribution in [-0.2, 0) is 13.1 Å². The first-order valence-electron chi connectivity index (χ1n) is 9.10. The molecule has 0 amide bonds. The van der Waals surface area contributed by atoms with E-state index in [0.29, 0.717) is 0 Å². The van der Waals surface area contributed by atoms with Gasteiger partial charge in [-0.2, -0.15) is 0 Å². The van der Waals surface area contributed by atoms with E-state index >= 15 is 0 Å². The first-order valence-corrected chi connectivity index (χ1v) is 9.48. The maximum absolute atomic E-state index is 6.04. The molecule has 2 heterocycles. The van der Waals surface area contributed by atoms with Crippen molar-refractivity contribution in [3.8, 4) is 0 Å². The van der Waals surface area contributed by atoms with Crippen LogP contribution in [0.2, 0.25) is 5.02 Å². The van der Waals surface area contributed by atoms with Gasteiger partial charge in [-0.25, -0.2) is 4.98 Å². The Kier molecular flexibility index (Phi) is 4.87. The SMILES string of the molecule is Cc1c(C)n(Cc2ccc(Cl)cc2)c2c(NCc3ccccc3)nccc12. The fourth-order valence-electron chi connectivity index (χ4n) is 3.48. The number of rotatable bonds is 5. The highest BCUT2D eigenvalue weighted by Gasteiger charge is 2.15. The summed E-state index contributed by atoms with van der Waals surface area (Å²) in [7, 11) is 0. The highest BCUT2D eigenvalue weighted by Crippen LogP contribution is 2.30. The minimum atomic E-state index is 0.747. The molecule has 3 nitrogen and oxygen atoms in total. The smallest absolute Gasteiger partial charge is 0.150 e. The van der Waals surface area contributed by atoms with E-state index in [4.69, 9.17) is 11.6 Å². The third kappa shape index (κ3) is 3.56. The number of hydrogen-bond acceptors (Lipinski definition) is 2. The lowest BCUT2D eigenvalue weighted by Gasteiger charge is -2.13. The predicted octanol–water partition coefficient (Wildman–Crippen LogP) is 5.97. The number of pyridine rings is 1. The summed E-state index contributed by atoms with van der Waals surface area (Å²) in [6.45, 7) is 5.89. The summed E-state index contributed by atoms with van der Waals surface area (Å²) in [6, 6.07) is 20.5.